The molecule has 1 N–H and O–H groups in total. The Bertz CT molecular complexity index is 915. The van der Waals surface area contributed by atoms with E-state index in [0.29, 0.717) is 31.9 Å². The Morgan fingerprint density at radius 1 is 1.31 bits per heavy atom. The third-order valence-corrected chi connectivity index (χ3v) is 4.89. The molecule has 3 heterocycles. The van der Waals surface area contributed by atoms with Crippen molar-refractivity contribution in [3.8, 4) is 0 Å². The van der Waals surface area contributed by atoms with Crippen molar-refractivity contribution < 1.29 is 4.79 Å². The molecule has 0 radical (unpaired) electrons. The van der Waals surface area contributed by atoms with Gasteiger partial charge in [-0.05, 0) is 32.8 Å². The number of rotatable bonds is 4. The maximum absolute atomic E-state index is 12.6. The highest BCUT2D eigenvalue weighted by Gasteiger charge is 2.26. The molecule has 1 unspecified atom stereocenters. The van der Waals surface area contributed by atoms with Crippen molar-refractivity contribution in [2.24, 2.45) is 0 Å². The number of H-pyrrole nitrogens is 1. The van der Waals surface area contributed by atoms with Gasteiger partial charge in [0, 0.05) is 49.8 Å². The van der Waals surface area contributed by atoms with Gasteiger partial charge in [-0.15, -0.1) is 0 Å². The van der Waals surface area contributed by atoms with Crippen LogP contribution in [0.25, 0.3) is 0 Å². The van der Waals surface area contributed by atoms with Gasteiger partial charge in [0.1, 0.15) is 5.82 Å². The van der Waals surface area contributed by atoms with Gasteiger partial charge in [-0.25, -0.2) is 4.98 Å². The molecule has 1 saturated heterocycles. The topological polar surface area (TPSA) is 88.1 Å². The average Bonchev–Trinajstić information content (AvgIpc) is 2.60. The maximum Gasteiger partial charge on any atom is 0.251 e. The maximum atomic E-state index is 12.6. The summed E-state index contributed by atoms with van der Waals surface area (Å²) < 4.78 is 1.63. The van der Waals surface area contributed by atoms with E-state index in [1.807, 2.05) is 17.9 Å². The van der Waals surface area contributed by atoms with Crippen molar-refractivity contribution >= 4 is 5.91 Å². The summed E-state index contributed by atoms with van der Waals surface area (Å²) in [5.74, 6) is 0.705. The van der Waals surface area contributed by atoms with E-state index in [1.54, 1.807) is 17.6 Å². The Labute approximate surface area is 151 Å². The van der Waals surface area contributed by atoms with Gasteiger partial charge in [-0.3, -0.25) is 14.4 Å². The van der Waals surface area contributed by atoms with E-state index in [0.717, 1.165) is 24.2 Å². The fourth-order valence-corrected chi connectivity index (χ4v) is 3.53. The molecule has 0 aliphatic carbocycles. The van der Waals surface area contributed by atoms with Crippen LogP contribution in [0.3, 0.4) is 0 Å². The van der Waals surface area contributed by atoms with Crippen LogP contribution in [0.1, 0.15) is 42.4 Å². The normalized spacial score (nSPS) is 17.3. The summed E-state index contributed by atoms with van der Waals surface area (Å²) in [7, 11) is 0. The van der Waals surface area contributed by atoms with Crippen molar-refractivity contribution in [1.29, 1.82) is 0 Å². The van der Waals surface area contributed by atoms with Gasteiger partial charge in [0.05, 0.1) is 5.69 Å². The van der Waals surface area contributed by atoms with Crippen LogP contribution < -0.4 is 11.1 Å². The van der Waals surface area contributed by atoms with E-state index in [2.05, 4.69) is 9.97 Å². The van der Waals surface area contributed by atoms with Crippen molar-refractivity contribution in [2.45, 2.75) is 45.6 Å². The van der Waals surface area contributed by atoms with Crippen LogP contribution in [-0.4, -0.2) is 38.4 Å². The molecule has 7 heteroatoms. The molecule has 7 nitrogen and oxygen atoms in total. The summed E-state index contributed by atoms with van der Waals surface area (Å²) in [5, 5.41) is 0. The lowest BCUT2D eigenvalue weighted by Crippen LogP contribution is -2.40. The number of hydrogen-bond acceptors (Lipinski definition) is 4. The molecule has 2 aromatic rings. The average molecular weight is 356 g/mol. The van der Waals surface area contributed by atoms with Crippen LogP contribution in [0.15, 0.2) is 33.9 Å². The number of hydrogen-bond donors (Lipinski definition) is 1. The second kappa shape index (κ2) is 7.68. The number of pyridine rings is 1. The number of nitrogens with one attached hydrogen (secondary N) is 1. The van der Waals surface area contributed by atoms with Crippen LogP contribution in [0.4, 0.5) is 0 Å². The van der Waals surface area contributed by atoms with Crippen molar-refractivity contribution in [3.05, 3.63) is 62.2 Å². The quantitative estimate of drug-likeness (QED) is 0.895. The van der Waals surface area contributed by atoms with E-state index in [1.165, 1.54) is 12.1 Å². The van der Waals surface area contributed by atoms with Crippen LogP contribution in [0.5, 0.6) is 0 Å². The molecule has 3 rings (SSSR count). The first-order valence-corrected chi connectivity index (χ1v) is 8.96. The molecule has 2 aromatic heterocycles. The zero-order chi connectivity index (χ0) is 18.7. The minimum atomic E-state index is -0.158. The minimum Gasteiger partial charge on any atom is -0.342 e. The molecular formula is C19H24N4O3. The summed E-state index contributed by atoms with van der Waals surface area (Å²) in [4.78, 5) is 45.1. The lowest BCUT2D eigenvalue weighted by atomic mass is 9.94. The SMILES string of the molecule is Cc1nc(C2CCCN(C(=O)CCn3c(C)cccc3=O)C2)cc(=O)[nH]1. The number of amides is 1. The Morgan fingerprint density at radius 2 is 2.12 bits per heavy atom. The van der Waals surface area contributed by atoms with E-state index >= 15 is 0 Å². The zero-order valence-electron chi connectivity index (χ0n) is 15.2. The van der Waals surface area contributed by atoms with Gasteiger partial charge in [0.25, 0.3) is 11.1 Å². The van der Waals surface area contributed by atoms with Crippen molar-refractivity contribution in [2.75, 3.05) is 13.1 Å². The monoisotopic (exact) mass is 356 g/mol. The molecule has 0 spiro atoms. The molecule has 1 aliphatic rings. The molecule has 0 saturated carbocycles. The minimum absolute atomic E-state index is 0.0337. The van der Waals surface area contributed by atoms with Gasteiger partial charge >= 0.3 is 0 Å². The summed E-state index contributed by atoms with van der Waals surface area (Å²) in [5.41, 5.74) is 1.36. The first kappa shape index (κ1) is 18.1. The molecule has 1 atom stereocenters. The summed E-state index contributed by atoms with van der Waals surface area (Å²) in [6.45, 7) is 5.28. The number of nitrogens with zero attached hydrogens (tertiary/aromatic N) is 3. The largest absolute Gasteiger partial charge is 0.342 e. The van der Waals surface area contributed by atoms with E-state index in [9.17, 15) is 14.4 Å². The van der Waals surface area contributed by atoms with Crippen LogP contribution in [0.2, 0.25) is 0 Å². The van der Waals surface area contributed by atoms with E-state index in [-0.39, 0.29) is 22.9 Å². The third-order valence-electron chi connectivity index (χ3n) is 4.89. The van der Waals surface area contributed by atoms with Crippen LogP contribution in [0, 0.1) is 13.8 Å². The number of piperidine rings is 1. The van der Waals surface area contributed by atoms with Gasteiger partial charge in [0.2, 0.25) is 5.91 Å². The Morgan fingerprint density at radius 3 is 2.85 bits per heavy atom. The Hall–Kier alpha value is -2.70. The fraction of sp³-hybridized carbons (Fsp3) is 0.474. The van der Waals surface area contributed by atoms with E-state index < -0.39 is 0 Å². The molecule has 1 fully saturated rings. The number of aromatic amines is 1. The lowest BCUT2D eigenvalue weighted by molar-refractivity contribution is -0.132. The predicted molar refractivity (Wildman–Crippen MR) is 98.2 cm³/mol. The highest BCUT2D eigenvalue weighted by Crippen LogP contribution is 2.25. The second-order valence-electron chi connectivity index (χ2n) is 6.84. The van der Waals surface area contributed by atoms with Gasteiger partial charge < -0.3 is 14.5 Å². The summed E-state index contributed by atoms with van der Waals surface area (Å²) in [6, 6.07) is 6.62. The molecule has 1 amide bonds. The van der Waals surface area contributed by atoms with Crippen LogP contribution >= 0.6 is 0 Å². The smallest absolute Gasteiger partial charge is 0.251 e. The summed E-state index contributed by atoms with van der Waals surface area (Å²) >= 11 is 0. The Kier molecular flexibility index (Phi) is 5.35. The van der Waals surface area contributed by atoms with Gasteiger partial charge in [-0.1, -0.05) is 6.07 Å². The highest BCUT2D eigenvalue weighted by atomic mass is 16.2. The van der Waals surface area contributed by atoms with Gasteiger partial charge in [0.15, 0.2) is 0 Å². The fourth-order valence-electron chi connectivity index (χ4n) is 3.53. The summed E-state index contributed by atoms with van der Waals surface area (Å²) in [6.07, 6.45) is 2.09. The predicted octanol–water partition coefficient (Wildman–Crippen LogP) is 1.34. The number of likely N-dealkylation sites (tertiary alicyclic amines) is 1. The van der Waals surface area contributed by atoms with Crippen LogP contribution in [-0.2, 0) is 11.3 Å². The third kappa shape index (κ3) is 4.09. The van der Waals surface area contributed by atoms with Crippen molar-refractivity contribution in [1.82, 2.24) is 19.4 Å². The molecule has 1 aliphatic heterocycles. The van der Waals surface area contributed by atoms with E-state index in [4.69, 9.17) is 0 Å². The molecule has 26 heavy (non-hydrogen) atoms. The molecule has 138 valence electrons. The molecule has 0 aromatic carbocycles. The first-order chi connectivity index (χ1) is 12.4. The highest BCUT2D eigenvalue weighted by molar-refractivity contribution is 5.76. The number of carbonyl (C=O) groups excluding carboxylic acids is 1. The lowest BCUT2D eigenvalue weighted by Gasteiger charge is -2.32. The second-order valence-corrected chi connectivity index (χ2v) is 6.84. The zero-order valence-corrected chi connectivity index (χ0v) is 15.2. The number of aromatic nitrogens is 3. The molecule has 0 bridgehead atoms. The number of aryl methyl sites for hydroxylation is 2. The molecular weight excluding hydrogens is 332 g/mol. The first-order valence-electron chi connectivity index (χ1n) is 8.96. The number of carbonyl (C=O) groups is 1. The standard InChI is InChI=1S/C19H24N4O3/c1-13-5-3-7-19(26)23(13)10-8-18(25)22-9-4-6-15(12-22)16-11-17(24)21-14(2)20-16/h3,5,7,11,15H,4,6,8-10,12H2,1-2H3,(H,20,21,24). The van der Waals surface area contributed by atoms with Gasteiger partial charge in [-0.2, -0.15) is 0 Å². The van der Waals surface area contributed by atoms with Crippen molar-refractivity contribution in [3.63, 3.8) is 0 Å². The Balaban J connectivity index is 1.66.